The molecule has 3 aromatic rings. The normalized spacial score (nSPS) is 27.6. The van der Waals surface area contributed by atoms with Gasteiger partial charge >= 0.3 is 6.09 Å². The third-order valence-electron chi connectivity index (χ3n) is 11.6. The van der Waals surface area contributed by atoms with E-state index in [2.05, 4.69) is 15.4 Å². The zero-order valence-corrected chi connectivity index (χ0v) is 33.4. The molecule has 3 saturated carbocycles. The summed E-state index contributed by atoms with van der Waals surface area (Å²) in [4.78, 5) is 68.1. The van der Waals surface area contributed by atoms with Crippen molar-refractivity contribution in [2.24, 2.45) is 5.92 Å². The number of amides is 4. The molecule has 17 heteroatoms. The predicted octanol–water partition coefficient (Wildman–Crippen LogP) is 4.76. The number of nitrogens with zero attached hydrogens (tertiary/aromatic N) is 3. The van der Waals surface area contributed by atoms with Crippen LogP contribution >= 0.6 is 11.3 Å². The molecule has 4 fully saturated rings. The lowest BCUT2D eigenvalue weighted by Gasteiger charge is -2.30. The van der Waals surface area contributed by atoms with E-state index < -0.39 is 68.7 Å². The number of nitrogens with one attached hydrogen (secondary N) is 3. The first-order valence-corrected chi connectivity index (χ1v) is 22.3. The zero-order valence-electron chi connectivity index (χ0n) is 31.8. The SMILES string of the molecule is COc1ccc2nc(O[C@@H]3C[C@H]4C(=O)N[C@]5(C(=O)NS(=O)(=O)C6CC6)C[C@H]5/C=C\CCCCC[C@H](NC(=O)OC5CCCC5)C(=O)N4C3)c(-c3cccs3)nc2c1. The Morgan fingerprint density at radius 2 is 1.79 bits per heavy atom. The molecule has 8 rings (SSSR count). The largest absolute Gasteiger partial charge is 0.497 e. The molecular formula is C40H48N6O9S2. The number of thiophene rings is 1. The summed E-state index contributed by atoms with van der Waals surface area (Å²) in [6.45, 7) is -0.0302. The summed E-state index contributed by atoms with van der Waals surface area (Å²) < 4.78 is 45.7. The van der Waals surface area contributed by atoms with Gasteiger partial charge in [-0.25, -0.2) is 23.2 Å². The van der Waals surface area contributed by atoms with E-state index in [1.807, 2.05) is 29.7 Å². The maximum atomic E-state index is 14.7. The second-order valence-corrected chi connectivity index (χ2v) is 18.6. The van der Waals surface area contributed by atoms with E-state index in [0.29, 0.717) is 54.6 Å². The summed E-state index contributed by atoms with van der Waals surface area (Å²) in [5.41, 5.74) is 0.126. The van der Waals surface area contributed by atoms with E-state index in [1.54, 1.807) is 25.3 Å². The first-order chi connectivity index (χ1) is 27.5. The standard InChI is InChI=1S/C40H48N6O9S2/c1-53-26-15-18-29-31(20-26)41-34(33-14-9-19-56-33)36(42-29)54-27-21-32-35(47)44-40(38(49)45-57(51,52)28-16-17-28)22-24(40)10-5-3-2-4-6-13-30(37(48)46(32)23-27)43-39(50)55-25-11-7-8-12-25/h5,9-10,14-15,18-20,24-25,27-28,30,32H,2-4,6-8,11-13,16-17,21-23H2,1H3,(H,43,50)(H,44,47)(H,45,49)/b10-5-/t24-,27-,30+,32+,40-/m1/s1. The Balaban J connectivity index is 1.11. The van der Waals surface area contributed by atoms with Gasteiger partial charge in [0.1, 0.15) is 41.3 Å². The average Bonchev–Trinajstić information content (AvgIpc) is 3.93. The van der Waals surface area contributed by atoms with E-state index in [4.69, 9.17) is 24.2 Å². The van der Waals surface area contributed by atoms with Crippen molar-refractivity contribution in [2.45, 2.75) is 119 Å². The van der Waals surface area contributed by atoms with Gasteiger partial charge in [-0.3, -0.25) is 19.1 Å². The van der Waals surface area contributed by atoms with Crippen LogP contribution in [0.15, 0.2) is 47.9 Å². The molecule has 3 aliphatic carbocycles. The van der Waals surface area contributed by atoms with Gasteiger partial charge < -0.3 is 29.7 Å². The van der Waals surface area contributed by atoms with Gasteiger partial charge in [-0.15, -0.1) is 11.3 Å². The van der Waals surface area contributed by atoms with Crippen LogP contribution in [0.1, 0.15) is 83.5 Å². The number of hydrogen-bond donors (Lipinski definition) is 3. The van der Waals surface area contributed by atoms with Crippen molar-refractivity contribution < 1.29 is 41.8 Å². The lowest BCUT2D eigenvalue weighted by atomic mass is 10.0. The topological polar surface area (TPSA) is 195 Å². The minimum Gasteiger partial charge on any atom is -0.497 e. The van der Waals surface area contributed by atoms with Crippen LogP contribution < -0.4 is 24.8 Å². The smallest absolute Gasteiger partial charge is 0.408 e. The number of methoxy groups -OCH3 is 1. The Morgan fingerprint density at radius 3 is 2.54 bits per heavy atom. The van der Waals surface area contributed by atoms with Crippen LogP contribution in [0.4, 0.5) is 4.79 Å². The van der Waals surface area contributed by atoms with Crippen LogP contribution in [0.25, 0.3) is 21.6 Å². The number of ether oxygens (including phenoxy) is 3. The van der Waals surface area contributed by atoms with Gasteiger partial charge in [-0.2, -0.15) is 0 Å². The lowest BCUT2D eigenvalue weighted by molar-refractivity contribution is -0.141. The third-order valence-corrected chi connectivity index (χ3v) is 14.3. The number of rotatable bonds is 9. The van der Waals surface area contributed by atoms with Gasteiger partial charge in [-0.05, 0) is 87.8 Å². The van der Waals surface area contributed by atoms with E-state index in [-0.39, 0.29) is 31.4 Å². The summed E-state index contributed by atoms with van der Waals surface area (Å²) in [6, 6.07) is 7.01. The van der Waals surface area contributed by atoms with Crippen molar-refractivity contribution in [2.75, 3.05) is 13.7 Å². The van der Waals surface area contributed by atoms with Crippen molar-refractivity contribution in [1.82, 2.24) is 30.2 Å². The molecule has 4 amide bonds. The Morgan fingerprint density at radius 1 is 0.982 bits per heavy atom. The number of carbonyl (C=O) groups excluding carboxylic acids is 4. The van der Waals surface area contributed by atoms with E-state index in [0.717, 1.165) is 43.4 Å². The van der Waals surface area contributed by atoms with Crippen LogP contribution in [0.3, 0.4) is 0 Å². The molecule has 1 aromatic carbocycles. The van der Waals surface area contributed by atoms with Crippen LogP contribution in [-0.4, -0.2) is 95.8 Å². The quantitative estimate of drug-likeness (QED) is 0.252. The van der Waals surface area contributed by atoms with Crippen molar-refractivity contribution >= 4 is 56.2 Å². The first kappa shape index (κ1) is 39.1. The molecule has 15 nitrogen and oxygen atoms in total. The summed E-state index contributed by atoms with van der Waals surface area (Å²) in [5.74, 6) is -1.48. The fourth-order valence-corrected chi connectivity index (χ4v) is 10.2. The maximum absolute atomic E-state index is 14.7. The molecule has 2 aliphatic heterocycles. The Hall–Kier alpha value is -4.77. The lowest BCUT2D eigenvalue weighted by Crippen LogP contribution is -2.58. The van der Waals surface area contributed by atoms with E-state index in [9.17, 15) is 27.6 Å². The Labute approximate surface area is 335 Å². The van der Waals surface area contributed by atoms with Crippen molar-refractivity contribution in [3.05, 3.63) is 47.9 Å². The van der Waals surface area contributed by atoms with Gasteiger partial charge in [0.2, 0.25) is 27.7 Å². The summed E-state index contributed by atoms with van der Waals surface area (Å²) in [5, 5.41) is 7.01. The molecule has 1 saturated heterocycles. The van der Waals surface area contributed by atoms with E-state index >= 15 is 0 Å². The minimum absolute atomic E-state index is 0.0294. The first-order valence-electron chi connectivity index (χ1n) is 19.9. The second-order valence-electron chi connectivity index (χ2n) is 15.7. The molecule has 2 aromatic heterocycles. The number of allylic oxidation sites excluding steroid dienone is 1. The number of aromatic nitrogens is 2. The fraction of sp³-hybridized carbons (Fsp3) is 0.550. The molecule has 0 bridgehead atoms. The molecule has 0 radical (unpaired) electrons. The van der Waals surface area contributed by atoms with Crippen LogP contribution in [0, 0.1) is 5.92 Å². The van der Waals surface area contributed by atoms with Crippen molar-refractivity contribution in [3.63, 3.8) is 0 Å². The third kappa shape index (κ3) is 8.59. The van der Waals surface area contributed by atoms with Gasteiger partial charge in [0, 0.05) is 18.4 Å². The summed E-state index contributed by atoms with van der Waals surface area (Å²) in [6.07, 6.45) is 10.1. The van der Waals surface area contributed by atoms with Crippen molar-refractivity contribution in [3.8, 4) is 22.2 Å². The highest BCUT2D eigenvalue weighted by Gasteiger charge is 2.62. The monoisotopic (exact) mass is 820 g/mol. The summed E-state index contributed by atoms with van der Waals surface area (Å²) in [7, 11) is -2.33. The number of fused-ring (bicyclic) bond motifs is 3. The molecular weight excluding hydrogens is 773 g/mol. The molecule has 0 spiro atoms. The Kier molecular flexibility index (Phi) is 11.1. The number of hydrogen-bond acceptors (Lipinski definition) is 12. The minimum atomic E-state index is -3.90. The summed E-state index contributed by atoms with van der Waals surface area (Å²) >= 11 is 1.46. The second kappa shape index (κ2) is 16.2. The zero-order chi connectivity index (χ0) is 39.7. The highest BCUT2D eigenvalue weighted by atomic mass is 32.2. The van der Waals surface area contributed by atoms with Gasteiger partial charge in [0.15, 0.2) is 0 Å². The van der Waals surface area contributed by atoms with Gasteiger partial charge in [0.05, 0.1) is 34.8 Å². The highest BCUT2D eigenvalue weighted by molar-refractivity contribution is 7.91. The van der Waals surface area contributed by atoms with Gasteiger partial charge in [0.25, 0.3) is 5.91 Å². The predicted molar refractivity (Wildman–Crippen MR) is 211 cm³/mol. The molecule has 304 valence electrons. The molecule has 5 atom stereocenters. The number of carbonyl (C=O) groups is 4. The maximum Gasteiger partial charge on any atom is 0.408 e. The molecule has 0 unspecified atom stereocenters. The molecule has 57 heavy (non-hydrogen) atoms. The van der Waals surface area contributed by atoms with Gasteiger partial charge in [-0.1, -0.05) is 31.1 Å². The molecule has 4 heterocycles. The average molecular weight is 821 g/mol. The Bertz CT molecular complexity index is 2150. The fourth-order valence-electron chi connectivity index (χ4n) is 8.14. The van der Waals surface area contributed by atoms with Crippen LogP contribution in [0.5, 0.6) is 11.6 Å². The highest BCUT2D eigenvalue weighted by Crippen LogP contribution is 2.46. The van der Waals surface area contributed by atoms with E-state index in [1.165, 1.54) is 16.2 Å². The number of alkyl carbamates (subject to hydrolysis) is 1. The number of sulfonamides is 1. The van der Waals surface area contributed by atoms with Crippen molar-refractivity contribution in [1.29, 1.82) is 0 Å². The molecule has 5 aliphatic rings. The number of benzene rings is 1. The molecule has 3 N–H and O–H groups in total. The van der Waals surface area contributed by atoms with Crippen LogP contribution in [0.2, 0.25) is 0 Å². The van der Waals surface area contributed by atoms with Crippen LogP contribution in [-0.2, 0) is 29.1 Å².